The maximum Gasteiger partial charge on any atom is 0.125 e. The van der Waals surface area contributed by atoms with Gasteiger partial charge in [0.05, 0.1) is 5.52 Å². The van der Waals surface area contributed by atoms with Crippen molar-refractivity contribution in [3.8, 4) is 5.75 Å². The van der Waals surface area contributed by atoms with E-state index in [1.807, 2.05) is 12.3 Å². The van der Waals surface area contributed by atoms with Crippen LogP contribution in [0.1, 0.15) is 30.9 Å². The van der Waals surface area contributed by atoms with Gasteiger partial charge >= 0.3 is 0 Å². The van der Waals surface area contributed by atoms with Gasteiger partial charge in [-0.2, -0.15) is 0 Å². The van der Waals surface area contributed by atoms with Gasteiger partial charge in [0.15, 0.2) is 0 Å². The lowest BCUT2D eigenvalue weighted by molar-refractivity contribution is 0.481. The smallest absolute Gasteiger partial charge is 0.125 e. The summed E-state index contributed by atoms with van der Waals surface area (Å²) in [5.41, 5.74) is 8.93. The van der Waals surface area contributed by atoms with Crippen molar-refractivity contribution in [3.05, 3.63) is 29.5 Å². The van der Waals surface area contributed by atoms with Gasteiger partial charge in [-0.1, -0.05) is 19.9 Å². The second-order valence-electron chi connectivity index (χ2n) is 4.43. The van der Waals surface area contributed by atoms with Crippen LogP contribution in [0.15, 0.2) is 18.3 Å². The highest BCUT2D eigenvalue weighted by Crippen LogP contribution is 2.33. The molecule has 0 aliphatic carbocycles. The first-order valence-corrected chi connectivity index (χ1v) is 5.67. The molecule has 0 bridgehead atoms. The molecule has 1 heterocycles. The second kappa shape index (κ2) is 4.18. The average molecular weight is 218 g/mol. The molecule has 86 valence electrons. The summed E-state index contributed by atoms with van der Waals surface area (Å²) in [5, 5.41) is 10.8. The predicted octanol–water partition coefficient (Wildman–Crippen LogP) is 2.50. The zero-order chi connectivity index (χ0) is 11.7. The highest BCUT2D eigenvalue weighted by Gasteiger charge is 2.13. The fraction of sp³-hybridized carbons (Fsp3) is 0.385. The minimum atomic E-state index is 0.337. The standard InChI is InChI=1S/C13H18N2O/c1-8(2)10-3-4-11(16)12-9(5-6-14)7-15-13(10)12/h3-4,7-8,15-16H,5-6,14H2,1-2H3. The topological polar surface area (TPSA) is 62.0 Å². The van der Waals surface area contributed by atoms with Gasteiger partial charge in [-0.05, 0) is 36.1 Å². The summed E-state index contributed by atoms with van der Waals surface area (Å²) in [6.45, 7) is 4.89. The van der Waals surface area contributed by atoms with Gasteiger partial charge in [0.1, 0.15) is 5.75 Å². The molecule has 4 N–H and O–H groups in total. The molecular formula is C13H18N2O. The number of fused-ring (bicyclic) bond motifs is 1. The summed E-state index contributed by atoms with van der Waals surface area (Å²) in [7, 11) is 0. The van der Waals surface area contributed by atoms with Crippen LogP contribution < -0.4 is 5.73 Å². The number of aromatic nitrogens is 1. The van der Waals surface area contributed by atoms with Gasteiger partial charge in [0.2, 0.25) is 0 Å². The molecule has 0 radical (unpaired) electrons. The second-order valence-corrected chi connectivity index (χ2v) is 4.43. The zero-order valence-electron chi connectivity index (χ0n) is 9.75. The number of H-pyrrole nitrogens is 1. The van der Waals surface area contributed by atoms with E-state index in [0.29, 0.717) is 18.2 Å². The Morgan fingerprint density at radius 2 is 2.12 bits per heavy atom. The van der Waals surface area contributed by atoms with E-state index < -0.39 is 0 Å². The van der Waals surface area contributed by atoms with Gasteiger partial charge in [-0.25, -0.2) is 0 Å². The molecule has 0 saturated carbocycles. The van der Waals surface area contributed by atoms with E-state index in [1.54, 1.807) is 6.07 Å². The first kappa shape index (κ1) is 11.0. The van der Waals surface area contributed by atoms with Gasteiger partial charge in [0, 0.05) is 11.6 Å². The Bertz CT molecular complexity index is 500. The van der Waals surface area contributed by atoms with E-state index in [2.05, 4.69) is 18.8 Å². The number of phenols is 1. The number of benzene rings is 1. The van der Waals surface area contributed by atoms with Gasteiger partial charge in [0.25, 0.3) is 0 Å². The number of rotatable bonds is 3. The molecule has 0 fully saturated rings. The van der Waals surface area contributed by atoms with E-state index >= 15 is 0 Å². The van der Waals surface area contributed by atoms with Crippen molar-refractivity contribution in [1.29, 1.82) is 0 Å². The van der Waals surface area contributed by atoms with Gasteiger partial charge < -0.3 is 15.8 Å². The van der Waals surface area contributed by atoms with E-state index in [-0.39, 0.29) is 0 Å². The highest BCUT2D eigenvalue weighted by molar-refractivity contribution is 5.91. The third-order valence-corrected chi connectivity index (χ3v) is 2.96. The first-order valence-electron chi connectivity index (χ1n) is 5.67. The zero-order valence-corrected chi connectivity index (χ0v) is 9.75. The number of phenolic OH excluding ortho intramolecular Hbond substituents is 1. The third kappa shape index (κ3) is 1.67. The van der Waals surface area contributed by atoms with E-state index in [4.69, 9.17) is 5.73 Å². The Hall–Kier alpha value is -1.48. The van der Waals surface area contributed by atoms with E-state index in [1.165, 1.54) is 5.56 Å². The summed E-state index contributed by atoms with van der Waals surface area (Å²) < 4.78 is 0. The Morgan fingerprint density at radius 3 is 2.75 bits per heavy atom. The molecule has 0 atom stereocenters. The van der Waals surface area contributed by atoms with Crippen LogP contribution >= 0.6 is 0 Å². The maximum atomic E-state index is 9.91. The van der Waals surface area contributed by atoms with Crippen LogP contribution in [0.3, 0.4) is 0 Å². The SMILES string of the molecule is CC(C)c1ccc(O)c2c(CCN)c[nH]c12. The van der Waals surface area contributed by atoms with Crippen LogP contribution in [0, 0.1) is 0 Å². The Labute approximate surface area is 95.3 Å². The van der Waals surface area contributed by atoms with Crippen LogP contribution in [0.5, 0.6) is 5.75 Å². The molecule has 3 heteroatoms. The molecule has 1 aromatic carbocycles. The molecule has 0 aliphatic heterocycles. The lowest BCUT2D eigenvalue weighted by Gasteiger charge is -2.08. The minimum Gasteiger partial charge on any atom is -0.507 e. The lowest BCUT2D eigenvalue weighted by Crippen LogP contribution is -2.01. The minimum absolute atomic E-state index is 0.337. The number of hydrogen-bond acceptors (Lipinski definition) is 2. The fourth-order valence-corrected chi connectivity index (χ4v) is 2.15. The van der Waals surface area contributed by atoms with Gasteiger partial charge in [-0.3, -0.25) is 0 Å². The summed E-state index contributed by atoms with van der Waals surface area (Å²) in [4.78, 5) is 3.25. The Morgan fingerprint density at radius 1 is 1.38 bits per heavy atom. The molecular weight excluding hydrogens is 200 g/mol. The quantitative estimate of drug-likeness (QED) is 0.741. The number of nitrogens with one attached hydrogen (secondary N) is 1. The predicted molar refractivity (Wildman–Crippen MR) is 66.8 cm³/mol. The first-order chi connectivity index (χ1) is 7.65. The van der Waals surface area contributed by atoms with Crippen molar-refractivity contribution in [2.75, 3.05) is 6.54 Å². The molecule has 3 nitrogen and oxygen atoms in total. The molecule has 0 aliphatic rings. The van der Waals surface area contributed by atoms with Crippen molar-refractivity contribution >= 4 is 10.9 Å². The number of aromatic amines is 1. The van der Waals surface area contributed by atoms with E-state index in [0.717, 1.165) is 22.9 Å². The number of hydrogen-bond donors (Lipinski definition) is 3. The summed E-state index contributed by atoms with van der Waals surface area (Å²) in [5.74, 6) is 0.775. The maximum absolute atomic E-state index is 9.91. The summed E-state index contributed by atoms with van der Waals surface area (Å²) in [6, 6.07) is 3.75. The monoisotopic (exact) mass is 218 g/mol. The molecule has 0 saturated heterocycles. The fourth-order valence-electron chi connectivity index (χ4n) is 2.15. The highest BCUT2D eigenvalue weighted by atomic mass is 16.3. The van der Waals surface area contributed by atoms with Gasteiger partial charge in [-0.15, -0.1) is 0 Å². The van der Waals surface area contributed by atoms with Crippen LogP contribution in [0.4, 0.5) is 0 Å². The van der Waals surface area contributed by atoms with E-state index in [9.17, 15) is 5.11 Å². The Kier molecular flexibility index (Phi) is 2.88. The number of aromatic hydroxyl groups is 1. The molecule has 2 rings (SSSR count). The van der Waals surface area contributed by atoms with Crippen molar-refractivity contribution < 1.29 is 5.11 Å². The van der Waals surface area contributed by atoms with Crippen LogP contribution in [0.2, 0.25) is 0 Å². The van der Waals surface area contributed by atoms with Crippen LogP contribution in [-0.4, -0.2) is 16.6 Å². The molecule has 16 heavy (non-hydrogen) atoms. The average Bonchev–Trinajstić information content (AvgIpc) is 2.63. The number of nitrogens with two attached hydrogens (primary N) is 1. The van der Waals surface area contributed by atoms with Crippen LogP contribution in [-0.2, 0) is 6.42 Å². The molecule has 0 unspecified atom stereocenters. The Balaban J connectivity index is 2.68. The molecule has 2 aromatic rings. The van der Waals surface area contributed by atoms with Crippen molar-refractivity contribution in [3.63, 3.8) is 0 Å². The van der Waals surface area contributed by atoms with Crippen molar-refractivity contribution in [2.24, 2.45) is 5.73 Å². The summed E-state index contributed by atoms with van der Waals surface area (Å²) >= 11 is 0. The van der Waals surface area contributed by atoms with Crippen LogP contribution in [0.25, 0.3) is 10.9 Å². The normalized spacial score (nSPS) is 11.5. The summed E-state index contributed by atoms with van der Waals surface area (Å²) in [6.07, 6.45) is 2.73. The lowest BCUT2D eigenvalue weighted by atomic mass is 9.98. The molecule has 0 amide bonds. The molecule has 1 aromatic heterocycles. The largest absolute Gasteiger partial charge is 0.507 e. The molecule has 0 spiro atoms. The van der Waals surface area contributed by atoms with Crippen molar-refractivity contribution in [1.82, 2.24) is 4.98 Å². The van der Waals surface area contributed by atoms with Crippen molar-refractivity contribution in [2.45, 2.75) is 26.2 Å². The third-order valence-electron chi connectivity index (χ3n) is 2.96.